The Bertz CT molecular complexity index is 355. The van der Waals surface area contributed by atoms with E-state index < -0.39 is 11.2 Å². The van der Waals surface area contributed by atoms with Gasteiger partial charge in [0.15, 0.2) is 0 Å². The molecule has 0 N–H and O–H groups in total. The Hall–Kier alpha value is -1.14. The summed E-state index contributed by atoms with van der Waals surface area (Å²) >= 11 is 0. The second-order valence-corrected chi connectivity index (χ2v) is 5.90. The number of esters is 2. The van der Waals surface area contributed by atoms with Crippen LogP contribution in [-0.4, -0.2) is 36.4 Å². The minimum Gasteiger partial charge on any atom is -0.463 e. The zero-order valence-electron chi connectivity index (χ0n) is 12.9. The van der Waals surface area contributed by atoms with Gasteiger partial charge in [-0.15, -0.1) is 0 Å². The Morgan fingerprint density at radius 2 is 1.60 bits per heavy atom. The maximum absolute atomic E-state index is 11.0. The van der Waals surface area contributed by atoms with Gasteiger partial charge in [-0.1, -0.05) is 13.8 Å². The molecule has 1 heterocycles. The molecule has 20 heavy (non-hydrogen) atoms. The second kappa shape index (κ2) is 6.54. The van der Waals surface area contributed by atoms with Gasteiger partial charge in [-0.2, -0.15) is 0 Å². The molecule has 2 atom stereocenters. The summed E-state index contributed by atoms with van der Waals surface area (Å²) < 4.78 is 10.1. The van der Waals surface area contributed by atoms with Crippen molar-refractivity contribution in [3.8, 4) is 0 Å². The lowest BCUT2D eigenvalue weighted by Crippen LogP contribution is -2.53. The summed E-state index contributed by atoms with van der Waals surface area (Å²) in [6.45, 7) is 8.82. The van der Waals surface area contributed by atoms with Gasteiger partial charge in [-0.25, -0.2) is 9.78 Å². The van der Waals surface area contributed by atoms with E-state index in [1.807, 2.05) is 20.8 Å². The Kier molecular flexibility index (Phi) is 5.53. The van der Waals surface area contributed by atoms with Crippen LogP contribution in [0.3, 0.4) is 0 Å². The first kappa shape index (κ1) is 16.9. The fourth-order valence-electron chi connectivity index (χ4n) is 1.97. The van der Waals surface area contributed by atoms with Crippen molar-refractivity contribution in [2.45, 2.75) is 58.7 Å². The van der Waals surface area contributed by atoms with Gasteiger partial charge in [0, 0.05) is 13.8 Å². The van der Waals surface area contributed by atoms with Crippen molar-refractivity contribution in [2.75, 3.05) is 13.2 Å². The van der Waals surface area contributed by atoms with E-state index in [9.17, 15) is 9.59 Å². The van der Waals surface area contributed by atoms with Crippen molar-refractivity contribution in [3.05, 3.63) is 0 Å². The van der Waals surface area contributed by atoms with Gasteiger partial charge in [0.2, 0.25) is 0 Å². The van der Waals surface area contributed by atoms with E-state index in [2.05, 4.69) is 0 Å². The maximum Gasteiger partial charge on any atom is 0.302 e. The largest absolute Gasteiger partial charge is 0.463 e. The first-order chi connectivity index (χ1) is 9.19. The molecule has 6 heteroatoms. The van der Waals surface area contributed by atoms with Gasteiger partial charge in [-0.05, 0) is 25.7 Å². The quantitative estimate of drug-likeness (QED) is 0.569. The molecule has 0 aromatic heterocycles. The van der Waals surface area contributed by atoms with Crippen LogP contribution in [0.2, 0.25) is 0 Å². The van der Waals surface area contributed by atoms with Crippen LogP contribution in [0, 0.1) is 5.92 Å². The normalized spacial score (nSPS) is 30.1. The first-order valence-electron chi connectivity index (χ1n) is 6.83. The lowest BCUT2D eigenvalue weighted by molar-refractivity contribution is -0.451. The third kappa shape index (κ3) is 4.45. The highest BCUT2D eigenvalue weighted by atomic mass is 17.2. The molecule has 1 aliphatic heterocycles. The van der Waals surface area contributed by atoms with Crippen LogP contribution in [-0.2, 0) is 28.8 Å². The number of rotatable bonds is 5. The van der Waals surface area contributed by atoms with Crippen LogP contribution in [0.4, 0.5) is 0 Å². The molecular formula is C14H24O6. The molecule has 0 saturated carbocycles. The van der Waals surface area contributed by atoms with Gasteiger partial charge < -0.3 is 9.47 Å². The first-order valence-corrected chi connectivity index (χ1v) is 6.83. The molecule has 0 amide bonds. The van der Waals surface area contributed by atoms with Crippen molar-refractivity contribution < 1.29 is 28.8 Å². The predicted octanol–water partition coefficient (Wildman–Crippen LogP) is 2.01. The molecule has 6 nitrogen and oxygen atoms in total. The van der Waals surface area contributed by atoms with E-state index in [0.29, 0.717) is 12.8 Å². The van der Waals surface area contributed by atoms with Crippen LogP contribution < -0.4 is 0 Å². The van der Waals surface area contributed by atoms with Gasteiger partial charge >= 0.3 is 11.9 Å². The molecular weight excluding hydrogens is 264 g/mol. The van der Waals surface area contributed by atoms with Gasteiger partial charge in [0.05, 0.1) is 0 Å². The zero-order chi connectivity index (χ0) is 15.4. The average molecular weight is 288 g/mol. The van der Waals surface area contributed by atoms with E-state index in [1.54, 1.807) is 0 Å². The highest BCUT2D eigenvalue weighted by Crippen LogP contribution is 2.38. The summed E-state index contributed by atoms with van der Waals surface area (Å²) in [4.78, 5) is 32.9. The monoisotopic (exact) mass is 288 g/mol. The van der Waals surface area contributed by atoms with Crippen LogP contribution in [0.25, 0.3) is 0 Å². The van der Waals surface area contributed by atoms with Crippen molar-refractivity contribution in [2.24, 2.45) is 5.92 Å². The van der Waals surface area contributed by atoms with Crippen molar-refractivity contribution in [3.63, 3.8) is 0 Å². The molecule has 0 aromatic rings. The Morgan fingerprint density at radius 1 is 1.05 bits per heavy atom. The molecule has 0 unspecified atom stereocenters. The summed E-state index contributed by atoms with van der Waals surface area (Å²) in [6, 6.07) is 0. The standard InChI is InChI=1S/C14H24O6/c1-10(2)14(9-18-12(4)16)7-6-13(5,19-20-14)8-17-11(3)15/h10H,6-9H2,1-5H3/t13-,14+/m1/s1. The number of hydrogen-bond acceptors (Lipinski definition) is 6. The zero-order valence-corrected chi connectivity index (χ0v) is 12.9. The molecule has 1 aliphatic rings. The highest BCUT2D eigenvalue weighted by Gasteiger charge is 2.46. The lowest BCUT2D eigenvalue weighted by atomic mass is 9.82. The Balaban J connectivity index is 2.63. The SMILES string of the molecule is CC(=O)OC[C@@]1(C)CC[C@](COC(C)=O)(C(C)C)OO1. The fourth-order valence-corrected chi connectivity index (χ4v) is 1.97. The van der Waals surface area contributed by atoms with Crippen molar-refractivity contribution in [1.82, 2.24) is 0 Å². The molecule has 0 radical (unpaired) electrons. The van der Waals surface area contributed by atoms with Crippen molar-refractivity contribution in [1.29, 1.82) is 0 Å². The summed E-state index contributed by atoms with van der Waals surface area (Å²) in [5.41, 5.74) is -1.32. The third-order valence-electron chi connectivity index (χ3n) is 3.64. The van der Waals surface area contributed by atoms with E-state index in [1.165, 1.54) is 13.8 Å². The predicted molar refractivity (Wildman–Crippen MR) is 70.6 cm³/mol. The maximum atomic E-state index is 11.0. The number of carbonyl (C=O) groups excluding carboxylic acids is 2. The highest BCUT2D eigenvalue weighted by molar-refractivity contribution is 5.66. The molecule has 116 valence electrons. The van der Waals surface area contributed by atoms with Gasteiger partial charge in [0.25, 0.3) is 0 Å². The summed E-state index contributed by atoms with van der Waals surface area (Å²) in [7, 11) is 0. The smallest absolute Gasteiger partial charge is 0.302 e. The minimum atomic E-state index is -0.666. The molecule has 0 bridgehead atoms. The van der Waals surface area contributed by atoms with Gasteiger partial charge in [0.1, 0.15) is 24.4 Å². The van der Waals surface area contributed by atoms with E-state index in [-0.39, 0.29) is 31.1 Å². The number of carbonyl (C=O) groups is 2. The van der Waals surface area contributed by atoms with Crippen LogP contribution in [0.1, 0.15) is 47.5 Å². The molecule has 1 saturated heterocycles. The minimum absolute atomic E-state index is 0.125. The van der Waals surface area contributed by atoms with E-state index >= 15 is 0 Å². The summed E-state index contributed by atoms with van der Waals surface area (Å²) in [6.07, 6.45) is 1.31. The molecule has 0 spiro atoms. The third-order valence-corrected chi connectivity index (χ3v) is 3.64. The van der Waals surface area contributed by atoms with Crippen molar-refractivity contribution >= 4 is 11.9 Å². The topological polar surface area (TPSA) is 71.1 Å². The summed E-state index contributed by atoms with van der Waals surface area (Å²) in [5, 5.41) is 0. The van der Waals surface area contributed by atoms with E-state index in [4.69, 9.17) is 19.2 Å². The fraction of sp³-hybridized carbons (Fsp3) is 0.857. The molecule has 1 rings (SSSR count). The van der Waals surface area contributed by atoms with Crippen LogP contribution in [0.5, 0.6) is 0 Å². The lowest BCUT2D eigenvalue weighted by Gasteiger charge is -2.44. The summed E-state index contributed by atoms with van der Waals surface area (Å²) in [5.74, 6) is -0.572. The molecule has 0 aliphatic carbocycles. The average Bonchev–Trinajstić information content (AvgIpc) is 2.36. The van der Waals surface area contributed by atoms with Crippen LogP contribution in [0.15, 0.2) is 0 Å². The molecule has 1 fully saturated rings. The second-order valence-electron chi connectivity index (χ2n) is 5.90. The number of ether oxygens (including phenoxy) is 2. The Morgan fingerprint density at radius 3 is 2.00 bits per heavy atom. The van der Waals surface area contributed by atoms with Gasteiger partial charge in [-0.3, -0.25) is 9.59 Å². The van der Waals surface area contributed by atoms with Crippen LogP contribution >= 0.6 is 0 Å². The Labute approximate surface area is 119 Å². The molecule has 0 aromatic carbocycles. The van der Waals surface area contributed by atoms with E-state index in [0.717, 1.165) is 0 Å². The number of hydrogen-bond donors (Lipinski definition) is 0.